The van der Waals surface area contributed by atoms with Crippen molar-refractivity contribution in [3.05, 3.63) is 71.1 Å². The maximum Gasteiger partial charge on any atom is 0.231 e. The third-order valence-electron chi connectivity index (χ3n) is 5.43. The zero-order valence-electron chi connectivity index (χ0n) is 19.0. The van der Waals surface area contributed by atoms with Gasteiger partial charge in [0.1, 0.15) is 18.5 Å². The summed E-state index contributed by atoms with van der Waals surface area (Å²) in [6.07, 6.45) is 5.01. The third-order valence-corrected chi connectivity index (χ3v) is 5.43. The summed E-state index contributed by atoms with van der Waals surface area (Å²) in [5.74, 6) is 3.01. The van der Waals surface area contributed by atoms with Gasteiger partial charge in [-0.3, -0.25) is 0 Å². The van der Waals surface area contributed by atoms with Crippen LogP contribution in [0.25, 0.3) is 12.2 Å². The van der Waals surface area contributed by atoms with Gasteiger partial charge in [-0.25, -0.2) is 0 Å². The standard InChI is InChI=1S/C26H30N2O5/c1-18(7-8-20-9-12-25-26(14-20)32-17-31-25)27-15-22(29)16-30-24-6-4-3-5-21(24)10-11-23-13-19(2)28-33-23/h3-6,9-14,18,22,27,29H,7-8,15-17H2,1-2H3/b11-10-. The summed E-state index contributed by atoms with van der Waals surface area (Å²) in [6.45, 7) is 4.95. The maximum absolute atomic E-state index is 10.4. The van der Waals surface area contributed by atoms with Crippen molar-refractivity contribution in [1.29, 1.82) is 0 Å². The van der Waals surface area contributed by atoms with Crippen LogP contribution in [0.4, 0.5) is 0 Å². The Balaban J connectivity index is 1.20. The first-order chi connectivity index (χ1) is 16.1. The molecule has 33 heavy (non-hydrogen) atoms. The zero-order chi connectivity index (χ0) is 23.0. The van der Waals surface area contributed by atoms with Crippen molar-refractivity contribution in [1.82, 2.24) is 10.5 Å². The molecular weight excluding hydrogens is 420 g/mol. The predicted molar refractivity (Wildman–Crippen MR) is 126 cm³/mol. The number of nitrogens with one attached hydrogen (secondary N) is 1. The fourth-order valence-corrected chi connectivity index (χ4v) is 3.55. The Bertz CT molecular complexity index is 1080. The van der Waals surface area contributed by atoms with E-state index in [1.54, 1.807) is 0 Å². The SMILES string of the molecule is Cc1cc(/C=C\c2ccccc2OCC(O)CNC(C)CCc2ccc3c(c2)OCO3)on1. The van der Waals surface area contributed by atoms with Crippen LogP contribution < -0.4 is 19.5 Å². The molecule has 0 fully saturated rings. The Morgan fingerprint density at radius 2 is 1.97 bits per heavy atom. The van der Waals surface area contributed by atoms with Crippen molar-refractivity contribution < 1.29 is 23.8 Å². The molecule has 0 saturated carbocycles. The Labute approximate surface area is 194 Å². The normalized spacial score (nSPS) is 14.5. The minimum atomic E-state index is -0.619. The minimum absolute atomic E-state index is 0.203. The van der Waals surface area contributed by atoms with E-state index in [0.29, 0.717) is 24.8 Å². The highest BCUT2D eigenvalue weighted by Gasteiger charge is 2.14. The molecule has 2 atom stereocenters. The molecule has 0 aliphatic carbocycles. The average molecular weight is 451 g/mol. The number of ether oxygens (including phenoxy) is 3. The van der Waals surface area contributed by atoms with E-state index >= 15 is 0 Å². The Morgan fingerprint density at radius 1 is 1.12 bits per heavy atom. The van der Waals surface area contributed by atoms with Crippen LogP contribution in [-0.2, 0) is 6.42 Å². The van der Waals surface area contributed by atoms with Crippen molar-refractivity contribution in [2.75, 3.05) is 19.9 Å². The molecule has 1 aliphatic heterocycles. The molecule has 0 amide bonds. The second-order valence-electron chi connectivity index (χ2n) is 8.24. The number of nitrogens with zero attached hydrogens (tertiary/aromatic N) is 1. The van der Waals surface area contributed by atoms with Crippen LogP contribution in [0.1, 0.15) is 35.9 Å². The van der Waals surface area contributed by atoms with E-state index in [0.717, 1.165) is 35.6 Å². The summed E-state index contributed by atoms with van der Waals surface area (Å²) in [4.78, 5) is 0. The summed E-state index contributed by atoms with van der Waals surface area (Å²) in [6, 6.07) is 15.9. The highest BCUT2D eigenvalue weighted by molar-refractivity contribution is 5.70. The van der Waals surface area contributed by atoms with Crippen LogP contribution in [0.5, 0.6) is 17.2 Å². The molecule has 0 radical (unpaired) electrons. The summed E-state index contributed by atoms with van der Waals surface area (Å²) in [5.41, 5.74) is 2.95. The molecular formula is C26H30N2O5. The molecule has 0 bridgehead atoms. The van der Waals surface area contributed by atoms with E-state index in [1.807, 2.05) is 61.5 Å². The number of para-hydroxylation sites is 1. The molecule has 2 heterocycles. The Kier molecular flexibility index (Phi) is 7.65. The molecule has 0 saturated heterocycles. The highest BCUT2D eigenvalue weighted by Crippen LogP contribution is 2.32. The number of aromatic nitrogens is 1. The second kappa shape index (κ2) is 11.0. The van der Waals surface area contributed by atoms with Gasteiger partial charge >= 0.3 is 0 Å². The van der Waals surface area contributed by atoms with E-state index in [1.165, 1.54) is 5.56 Å². The fourth-order valence-electron chi connectivity index (χ4n) is 3.55. The molecule has 4 rings (SSSR count). The molecule has 2 N–H and O–H groups in total. The fraction of sp³-hybridized carbons (Fsp3) is 0.346. The second-order valence-corrected chi connectivity index (χ2v) is 8.24. The Hall–Kier alpha value is -3.29. The van der Waals surface area contributed by atoms with E-state index in [-0.39, 0.29) is 12.6 Å². The number of aryl methyl sites for hydroxylation is 2. The van der Waals surface area contributed by atoms with E-state index in [4.69, 9.17) is 18.7 Å². The van der Waals surface area contributed by atoms with Gasteiger partial charge in [-0.15, -0.1) is 0 Å². The average Bonchev–Trinajstić information content (AvgIpc) is 3.47. The monoisotopic (exact) mass is 450 g/mol. The molecule has 3 aromatic rings. The lowest BCUT2D eigenvalue weighted by atomic mass is 10.1. The lowest BCUT2D eigenvalue weighted by Gasteiger charge is -2.18. The quantitative estimate of drug-likeness (QED) is 0.452. The number of rotatable bonds is 11. The van der Waals surface area contributed by atoms with Crippen molar-refractivity contribution in [3.8, 4) is 17.2 Å². The number of hydrogen-bond acceptors (Lipinski definition) is 7. The van der Waals surface area contributed by atoms with Gasteiger partial charge in [-0.1, -0.05) is 29.4 Å². The van der Waals surface area contributed by atoms with Crippen molar-refractivity contribution >= 4 is 12.2 Å². The van der Waals surface area contributed by atoms with Gasteiger partial charge in [0.05, 0.1) is 5.69 Å². The van der Waals surface area contributed by atoms with Gasteiger partial charge in [0, 0.05) is 24.2 Å². The zero-order valence-corrected chi connectivity index (χ0v) is 19.0. The molecule has 7 nitrogen and oxygen atoms in total. The molecule has 2 unspecified atom stereocenters. The van der Waals surface area contributed by atoms with E-state index in [2.05, 4.69) is 23.5 Å². The molecule has 7 heteroatoms. The van der Waals surface area contributed by atoms with Crippen LogP contribution >= 0.6 is 0 Å². The van der Waals surface area contributed by atoms with Gasteiger partial charge in [0.25, 0.3) is 0 Å². The molecule has 0 spiro atoms. The maximum atomic E-state index is 10.4. The molecule has 2 aromatic carbocycles. The molecule has 1 aromatic heterocycles. The van der Waals surface area contributed by atoms with Crippen LogP contribution in [0, 0.1) is 6.92 Å². The first-order valence-electron chi connectivity index (χ1n) is 11.2. The van der Waals surface area contributed by atoms with E-state index < -0.39 is 6.10 Å². The Morgan fingerprint density at radius 3 is 2.82 bits per heavy atom. The van der Waals surface area contributed by atoms with Crippen LogP contribution in [0.15, 0.2) is 53.1 Å². The van der Waals surface area contributed by atoms with Gasteiger partial charge in [-0.2, -0.15) is 0 Å². The summed E-state index contributed by atoms with van der Waals surface area (Å²) >= 11 is 0. The lowest BCUT2D eigenvalue weighted by molar-refractivity contribution is 0.104. The molecule has 1 aliphatic rings. The van der Waals surface area contributed by atoms with Crippen molar-refractivity contribution in [3.63, 3.8) is 0 Å². The number of aliphatic hydroxyl groups excluding tert-OH is 1. The van der Waals surface area contributed by atoms with Crippen LogP contribution in [0.2, 0.25) is 0 Å². The number of aliphatic hydroxyl groups is 1. The summed E-state index contributed by atoms with van der Waals surface area (Å²) in [7, 11) is 0. The molecule has 174 valence electrons. The van der Waals surface area contributed by atoms with Crippen LogP contribution in [0.3, 0.4) is 0 Å². The van der Waals surface area contributed by atoms with Gasteiger partial charge < -0.3 is 29.2 Å². The van der Waals surface area contributed by atoms with Gasteiger partial charge in [0.2, 0.25) is 6.79 Å². The third kappa shape index (κ3) is 6.60. The van der Waals surface area contributed by atoms with Crippen molar-refractivity contribution in [2.24, 2.45) is 0 Å². The lowest BCUT2D eigenvalue weighted by Crippen LogP contribution is -2.36. The predicted octanol–water partition coefficient (Wildman–Crippen LogP) is 4.23. The largest absolute Gasteiger partial charge is 0.490 e. The van der Waals surface area contributed by atoms with Gasteiger partial charge in [0.15, 0.2) is 17.3 Å². The number of fused-ring (bicyclic) bond motifs is 1. The highest BCUT2D eigenvalue weighted by atomic mass is 16.7. The first-order valence-corrected chi connectivity index (χ1v) is 11.2. The van der Waals surface area contributed by atoms with Gasteiger partial charge in [-0.05, 0) is 62.6 Å². The summed E-state index contributed by atoms with van der Waals surface area (Å²) < 4.78 is 21.9. The minimum Gasteiger partial charge on any atom is -0.490 e. The summed E-state index contributed by atoms with van der Waals surface area (Å²) in [5, 5.41) is 17.7. The number of hydrogen-bond donors (Lipinski definition) is 2. The van der Waals surface area contributed by atoms with Crippen LogP contribution in [-0.4, -0.2) is 42.4 Å². The first kappa shape index (κ1) is 22.9. The van der Waals surface area contributed by atoms with E-state index in [9.17, 15) is 5.11 Å². The number of benzene rings is 2. The smallest absolute Gasteiger partial charge is 0.231 e. The topological polar surface area (TPSA) is 86.0 Å². The van der Waals surface area contributed by atoms with Crippen molar-refractivity contribution in [2.45, 2.75) is 38.8 Å².